The van der Waals surface area contributed by atoms with Crippen LogP contribution in [0.25, 0.3) is 0 Å². The second kappa shape index (κ2) is 2.62. The van der Waals surface area contributed by atoms with Crippen LogP contribution in [0.15, 0.2) is 0 Å². The first-order valence-corrected chi connectivity index (χ1v) is 3.27. The van der Waals surface area contributed by atoms with Crippen molar-refractivity contribution in [2.45, 2.75) is 20.0 Å². The van der Waals surface area contributed by atoms with Gasteiger partial charge in [0, 0.05) is 13.6 Å². The van der Waals surface area contributed by atoms with Crippen LogP contribution in [0.2, 0.25) is 0 Å². The Labute approximate surface area is 55.7 Å². The zero-order valence-corrected chi connectivity index (χ0v) is 6.18. The Morgan fingerprint density at radius 1 is 1.56 bits per heavy atom. The second-order valence-corrected chi connectivity index (χ2v) is 2.25. The molecule has 1 heterocycles. The third-order valence-electron chi connectivity index (χ3n) is 1.47. The summed E-state index contributed by atoms with van der Waals surface area (Å²) in [6.45, 7) is 5.24. The third kappa shape index (κ3) is 1.40. The Kier molecular flexibility index (Phi) is 2.02. The van der Waals surface area contributed by atoms with E-state index in [0.29, 0.717) is 6.17 Å². The van der Waals surface area contributed by atoms with Crippen LogP contribution in [0.4, 0.5) is 0 Å². The molecule has 0 saturated carbocycles. The first kappa shape index (κ1) is 6.95. The fourth-order valence-electron chi connectivity index (χ4n) is 1.00. The highest BCUT2D eigenvalue weighted by atomic mass is 15.9. The molecule has 4 nitrogen and oxygen atoms in total. The molecule has 0 amide bonds. The van der Waals surface area contributed by atoms with Gasteiger partial charge < -0.3 is 0 Å². The molecule has 2 N–H and O–H groups in total. The van der Waals surface area contributed by atoms with E-state index in [9.17, 15) is 0 Å². The van der Waals surface area contributed by atoms with Gasteiger partial charge in [0.25, 0.3) is 0 Å². The quantitative estimate of drug-likeness (QED) is 0.502. The molecule has 54 valence electrons. The van der Waals surface area contributed by atoms with Crippen LogP contribution in [0.1, 0.15) is 13.8 Å². The van der Waals surface area contributed by atoms with Crippen LogP contribution < -0.4 is 11.0 Å². The van der Waals surface area contributed by atoms with Gasteiger partial charge in [-0.2, -0.15) is 10.7 Å². The molecule has 0 aromatic carbocycles. The van der Waals surface area contributed by atoms with Crippen LogP contribution in [0.5, 0.6) is 0 Å². The fourth-order valence-corrected chi connectivity index (χ4v) is 1.00. The lowest BCUT2D eigenvalue weighted by molar-refractivity contribution is 0.125. The maximum Gasteiger partial charge on any atom is 0.0861 e. The van der Waals surface area contributed by atoms with Crippen molar-refractivity contribution in [3.05, 3.63) is 0 Å². The molecule has 9 heavy (non-hydrogen) atoms. The maximum absolute atomic E-state index is 3.17. The maximum atomic E-state index is 3.17. The summed E-state index contributed by atoms with van der Waals surface area (Å²) in [7, 11) is 1.95. The normalized spacial score (nSPS) is 31.7. The van der Waals surface area contributed by atoms with Gasteiger partial charge in [-0.3, -0.25) is 0 Å². The SMILES string of the molecule is CCN1NN(C)NC1C. The zero-order chi connectivity index (χ0) is 6.85. The average molecular weight is 130 g/mol. The summed E-state index contributed by atoms with van der Waals surface area (Å²) in [6.07, 6.45) is 0.403. The van der Waals surface area contributed by atoms with Crippen LogP contribution >= 0.6 is 0 Å². The van der Waals surface area contributed by atoms with Crippen molar-refractivity contribution in [3.8, 4) is 0 Å². The molecule has 1 atom stereocenters. The minimum atomic E-state index is 0.403. The van der Waals surface area contributed by atoms with Crippen molar-refractivity contribution in [1.82, 2.24) is 21.1 Å². The van der Waals surface area contributed by atoms with Gasteiger partial charge in [0.1, 0.15) is 0 Å². The first-order valence-electron chi connectivity index (χ1n) is 3.27. The van der Waals surface area contributed by atoms with Crippen molar-refractivity contribution in [3.63, 3.8) is 0 Å². The van der Waals surface area contributed by atoms with E-state index >= 15 is 0 Å². The third-order valence-corrected chi connectivity index (χ3v) is 1.47. The lowest BCUT2D eigenvalue weighted by atomic mass is 10.5. The Hall–Kier alpha value is -0.160. The highest BCUT2D eigenvalue weighted by Gasteiger charge is 2.20. The summed E-state index contributed by atoms with van der Waals surface area (Å²) in [5.41, 5.74) is 6.27. The fraction of sp³-hybridized carbons (Fsp3) is 1.00. The Morgan fingerprint density at radius 3 is 2.44 bits per heavy atom. The number of nitrogens with zero attached hydrogens (tertiary/aromatic N) is 2. The van der Waals surface area contributed by atoms with Crippen molar-refractivity contribution < 1.29 is 0 Å². The van der Waals surface area contributed by atoms with Crippen molar-refractivity contribution in [2.75, 3.05) is 13.6 Å². The highest BCUT2D eigenvalue weighted by Crippen LogP contribution is 1.97. The standard InChI is InChI=1S/C5H14N4/c1-4-9-5(2)6-8(3)7-9/h5-7H,4H2,1-3H3. The van der Waals surface area contributed by atoms with E-state index in [-0.39, 0.29) is 0 Å². The predicted molar refractivity (Wildman–Crippen MR) is 35.9 cm³/mol. The summed E-state index contributed by atoms with van der Waals surface area (Å²) >= 11 is 0. The van der Waals surface area contributed by atoms with Crippen molar-refractivity contribution in [1.29, 1.82) is 0 Å². The molecule has 1 rings (SSSR count). The largest absolute Gasteiger partial charge is 0.222 e. The summed E-state index contributed by atoms with van der Waals surface area (Å²) in [4.78, 5) is 0. The second-order valence-electron chi connectivity index (χ2n) is 2.25. The van der Waals surface area contributed by atoms with E-state index in [0.717, 1.165) is 6.54 Å². The van der Waals surface area contributed by atoms with Gasteiger partial charge in [-0.05, 0) is 6.92 Å². The molecule has 0 aromatic rings. The monoisotopic (exact) mass is 130 g/mol. The molecule has 0 aromatic heterocycles. The lowest BCUT2D eigenvalue weighted by Crippen LogP contribution is -2.39. The molecular formula is C5H14N4. The van der Waals surface area contributed by atoms with E-state index < -0.39 is 0 Å². The Balaban J connectivity index is 2.38. The smallest absolute Gasteiger partial charge is 0.0861 e. The number of hydrogen-bond donors (Lipinski definition) is 2. The Morgan fingerprint density at radius 2 is 2.22 bits per heavy atom. The van der Waals surface area contributed by atoms with Crippen molar-refractivity contribution >= 4 is 0 Å². The number of rotatable bonds is 1. The molecule has 1 aliphatic heterocycles. The molecule has 0 aliphatic carbocycles. The summed E-state index contributed by atoms with van der Waals surface area (Å²) in [6, 6.07) is 0. The average Bonchev–Trinajstić information content (AvgIpc) is 2.10. The minimum Gasteiger partial charge on any atom is -0.222 e. The molecule has 1 unspecified atom stereocenters. The summed E-state index contributed by atoms with van der Waals surface area (Å²) in [5, 5.41) is 3.97. The van der Waals surface area contributed by atoms with Gasteiger partial charge in [-0.1, -0.05) is 6.92 Å². The summed E-state index contributed by atoms with van der Waals surface area (Å²) in [5.74, 6) is 0. The molecular weight excluding hydrogens is 116 g/mol. The molecule has 0 radical (unpaired) electrons. The Bertz CT molecular complexity index is 95.0. The number of nitrogens with one attached hydrogen (secondary N) is 2. The summed E-state index contributed by atoms with van der Waals surface area (Å²) < 4.78 is 0. The number of hydrazine groups is 3. The molecule has 0 bridgehead atoms. The van der Waals surface area contributed by atoms with E-state index in [1.807, 2.05) is 12.2 Å². The molecule has 4 heteroatoms. The van der Waals surface area contributed by atoms with Gasteiger partial charge in [-0.25, -0.2) is 10.4 Å². The van der Waals surface area contributed by atoms with Gasteiger partial charge in [0.15, 0.2) is 0 Å². The molecule has 1 fully saturated rings. The topological polar surface area (TPSA) is 30.5 Å². The van der Waals surface area contributed by atoms with Crippen LogP contribution in [-0.4, -0.2) is 29.9 Å². The van der Waals surface area contributed by atoms with E-state index in [2.05, 4.69) is 29.8 Å². The number of hydrogen-bond acceptors (Lipinski definition) is 4. The zero-order valence-electron chi connectivity index (χ0n) is 6.18. The van der Waals surface area contributed by atoms with Crippen molar-refractivity contribution in [2.24, 2.45) is 0 Å². The van der Waals surface area contributed by atoms with Gasteiger partial charge in [0.05, 0.1) is 6.17 Å². The van der Waals surface area contributed by atoms with Crippen LogP contribution in [-0.2, 0) is 0 Å². The van der Waals surface area contributed by atoms with E-state index in [1.165, 1.54) is 0 Å². The highest BCUT2D eigenvalue weighted by molar-refractivity contribution is 4.60. The first-order chi connectivity index (χ1) is 4.24. The van der Waals surface area contributed by atoms with E-state index in [4.69, 9.17) is 0 Å². The van der Waals surface area contributed by atoms with Gasteiger partial charge in [-0.15, -0.1) is 0 Å². The van der Waals surface area contributed by atoms with Crippen LogP contribution in [0, 0.1) is 0 Å². The molecule has 1 saturated heterocycles. The molecule has 0 spiro atoms. The van der Waals surface area contributed by atoms with Gasteiger partial charge in [0.2, 0.25) is 0 Å². The minimum absolute atomic E-state index is 0.403. The van der Waals surface area contributed by atoms with Gasteiger partial charge >= 0.3 is 0 Å². The molecule has 1 aliphatic rings. The predicted octanol–water partition coefficient (Wildman–Crippen LogP) is -0.476. The van der Waals surface area contributed by atoms with E-state index in [1.54, 1.807) is 0 Å². The lowest BCUT2D eigenvalue weighted by Gasteiger charge is -2.15. The van der Waals surface area contributed by atoms with Crippen LogP contribution in [0.3, 0.4) is 0 Å².